The number of hydrogen-bond donors (Lipinski definition) is 0. The third-order valence-corrected chi connectivity index (χ3v) is 14.2. The monoisotopic (exact) mass is 837 g/mol. The molecule has 1 spiro atoms. The van der Waals surface area contributed by atoms with E-state index in [1.54, 1.807) is 0 Å². The first-order valence-electron chi connectivity index (χ1n) is 22.7. The maximum Gasteiger partial charge on any atom is 0.235 e. The van der Waals surface area contributed by atoms with Crippen molar-refractivity contribution in [2.24, 2.45) is 0 Å². The van der Waals surface area contributed by atoms with E-state index in [1.165, 1.54) is 88.3 Å². The maximum atomic E-state index is 5.59. The van der Waals surface area contributed by atoms with E-state index in [0.29, 0.717) is 5.95 Å². The van der Waals surface area contributed by atoms with Crippen molar-refractivity contribution < 1.29 is 0 Å². The molecule has 10 aromatic carbocycles. The number of benzene rings is 10. The fraction of sp³-hybridized carbons (Fsp3) is 0.0159. The van der Waals surface area contributed by atoms with E-state index in [0.717, 1.165) is 33.5 Å². The van der Waals surface area contributed by atoms with Gasteiger partial charge in [-0.3, -0.25) is 4.57 Å². The van der Waals surface area contributed by atoms with Crippen molar-refractivity contribution in [1.82, 2.24) is 14.5 Å². The van der Waals surface area contributed by atoms with Gasteiger partial charge in [0.05, 0.1) is 27.8 Å². The molecule has 0 atom stereocenters. The normalized spacial score (nSPS) is 13.0. The lowest BCUT2D eigenvalue weighted by Gasteiger charge is -2.32. The fourth-order valence-corrected chi connectivity index (χ4v) is 11.5. The Hall–Kier alpha value is -8.66. The van der Waals surface area contributed by atoms with Crippen LogP contribution in [0.2, 0.25) is 0 Å². The second-order valence-corrected chi connectivity index (χ2v) is 17.6. The Labute approximate surface area is 382 Å². The van der Waals surface area contributed by atoms with Crippen LogP contribution in [0, 0.1) is 0 Å². The van der Waals surface area contributed by atoms with Gasteiger partial charge in [0, 0.05) is 27.5 Å². The van der Waals surface area contributed by atoms with Crippen molar-refractivity contribution in [2.75, 3.05) is 0 Å². The summed E-state index contributed by atoms with van der Waals surface area (Å²) in [7, 11) is 0. The number of para-hydroxylation sites is 1. The zero-order valence-corrected chi connectivity index (χ0v) is 35.9. The van der Waals surface area contributed by atoms with E-state index in [2.05, 4.69) is 241 Å². The van der Waals surface area contributed by atoms with Crippen molar-refractivity contribution in [3.63, 3.8) is 0 Å². The summed E-state index contributed by atoms with van der Waals surface area (Å²) in [5.74, 6) is 0.638. The third kappa shape index (κ3) is 5.14. The Balaban J connectivity index is 1.21. The van der Waals surface area contributed by atoms with Gasteiger partial charge in [0.2, 0.25) is 5.95 Å². The summed E-state index contributed by atoms with van der Waals surface area (Å²) < 4.78 is 2.40. The van der Waals surface area contributed by atoms with Gasteiger partial charge in [-0.1, -0.05) is 212 Å². The first-order valence-corrected chi connectivity index (χ1v) is 22.7. The molecule has 2 aromatic heterocycles. The van der Waals surface area contributed by atoms with Crippen molar-refractivity contribution >= 4 is 32.6 Å². The number of fused-ring (bicyclic) bond motifs is 17. The maximum absolute atomic E-state index is 5.59. The molecule has 12 aromatic rings. The molecule has 0 bridgehead atoms. The van der Waals surface area contributed by atoms with Crippen LogP contribution in [0.5, 0.6) is 0 Å². The van der Waals surface area contributed by atoms with E-state index in [1.807, 2.05) is 0 Å². The summed E-state index contributed by atoms with van der Waals surface area (Å²) in [6.07, 6.45) is 0. The molecule has 0 unspecified atom stereocenters. The lowest BCUT2D eigenvalue weighted by Crippen LogP contribution is -2.27. The predicted molar refractivity (Wildman–Crippen MR) is 272 cm³/mol. The van der Waals surface area contributed by atoms with Crippen LogP contribution >= 0.6 is 0 Å². The summed E-state index contributed by atoms with van der Waals surface area (Å²) >= 11 is 0. The number of aromatic nitrogens is 3. The van der Waals surface area contributed by atoms with E-state index in [-0.39, 0.29) is 0 Å². The second kappa shape index (κ2) is 14.2. The standard InChI is InChI=1S/C63H39N3/c1-5-19-40(20-6-1)44-33-35-46-47-36-34-45(41-21-7-2-8-22-41)38-54(47)63(53(46)37-44)52-31-17-15-29-50(52)58-48-27-13-14-28-49(48)59-51-30-16-18-32-57(51)66(61(59)60(58)63)62-64-55(42-23-9-3-10-24-42)39-56(65-62)43-25-11-4-12-26-43/h1-39H. The van der Waals surface area contributed by atoms with Crippen molar-refractivity contribution in [3.05, 3.63) is 259 Å². The zero-order chi connectivity index (χ0) is 43.3. The lowest BCUT2D eigenvalue weighted by molar-refractivity contribution is 0.796. The van der Waals surface area contributed by atoms with E-state index < -0.39 is 5.41 Å². The Morgan fingerprint density at radius 3 is 1.38 bits per heavy atom. The van der Waals surface area contributed by atoms with Crippen LogP contribution in [0.4, 0.5) is 0 Å². The molecule has 0 aliphatic heterocycles. The van der Waals surface area contributed by atoms with Crippen LogP contribution in [0.3, 0.4) is 0 Å². The van der Waals surface area contributed by atoms with Gasteiger partial charge in [-0.2, -0.15) is 0 Å². The summed E-state index contributed by atoms with van der Waals surface area (Å²) in [6, 6.07) is 86.3. The molecule has 2 aliphatic rings. The summed E-state index contributed by atoms with van der Waals surface area (Å²) in [5, 5.41) is 4.83. The average Bonchev–Trinajstić information content (AvgIpc) is 4.01. The molecule has 0 saturated carbocycles. The van der Waals surface area contributed by atoms with Crippen LogP contribution in [0.15, 0.2) is 237 Å². The molecule has 14 rings (SSSR count). The van der Waals surface area contributed by atoms with Crippen molar-refractivity contribution in [2.45, 2.75) is 5.41 Å². The highest BCUT2D eigenvalue weighted by Crippen LogP contribution is 2.66. The number of hydrogen-bond acceptors (Lipinski definition) is 2. The Morgan fingerprint density at radius 2 is 0.803 bits per heavy atom. The summed E-state index contributed by atoms with van der Waals surface area (Å²) in [5.41, 5.74) is 20.2. The van der Waals surface area contributed by atoms with Gasteiger partial charge in [-0.15, -0.1) is 0 Å². The quantitative estimate of drug-likeness (QED) is 0.173. The molecule has 3 heteroatoms. The summed E-state index contributed by atoms with van der Waals surface area (Å²) in [4.78, 5) is 11.2. The van der Waals surface area contributed by atoms with Gasteiger partial charge in [-0.05, 0) is 96.2 Å². The zero-order valence-electron chi connectivity index (χ0n) is 35.9. The van der Waals surface area contributed by atoms with Crippen LogP contribution < -0.4 is 0 Å². The molecule has 2 heterocycles. The van der Waals surface area contributed by atoms with Gasteiger partial charge in [-0.25, -0.2) is 9.97 Å². The van der Waals surface area contributed by atoms with Crippen LogP contribution in [0.25, 0.3) is 106 Å². The Bertz CT molecular complexity index is 3760. The smallest absolute Gasteiger partial charge is 0.235 e. The van der Waals surface area contributed by atoms with Gasteiger partial charge in [0.1, 0.15) is 0 Å². The van der Waals surface area contributed by atoms with E-state index in [4.69, 9.17) is 9.97 Å². The van der Waals surface area contributed by atoms with Gasteiger partial charge in [0.15, 0.2) is 0 Å². The molecule has 2 aliphatic carbocycles. The van der Waals surface area contributed by atoms with Gasteiger partial charge < -0.3 is 0 Å². The molecule has 3 nitrogen and oxygen atoms in total. The first-order chi connectivity index (χ1) is 32.8. The number of nitrogens with zero attached hydrogens (tertiary/aromatic N) is 3. The first kappa shape index (κ1) is 36.8. The molecular formula is C63H39N3. The molecular weight excluding hydrogens is 799 g/mol. The molecule has 0 N–H and O–H groups in total. The highest BCUT2D eigenvalue weighted by molar-refractivity contribution is 6.27. The molecule has 66 heavy (non-hydrogen) atoms. The highest BCUT2D eigenvalue weighted by Gasteiger charge is 2.54. The molecule has 306 valence electrons. The second-order valence-electron chi connectivity index (χ2n) is 17.6. The Kier molecular flexibility index (Phi) is 7.90. The molecule has 0 saturated heterocycles. The van der Waals surface area contributed by atoms with Gasteiger partial charge >= 0.3 is 0 Å². The third-order valence-electron chi connectivity index (χ3n) is 14.2. The fourth-order valence-electron chi connectivity index (χ4n) is 11.5. The van der Waals surface area contributed by atoms with Crippen LogP contribution in [-0.2, 0) is 5.41 Å². The molecule has 0 radical (unpaired) electrons. The van der Waals surface area contributed by atoms with Gasteiger partial charge in [0.25, 0.3) is 0 Å². The molecule has 0 amide bonds. The SMILES string of the molecule is c1ccc(-c2ccc3c(c2)C2(c4cc(-c5ccccc5)ccc4-3)c3ccccc3-c3c2c2c(c4ccccc34)c3ccccc3n2-c2nc(-c3ccccc3)cc(-c3ccccc3)n2)cc1. The molecule has 0 fully saturated rings. The minimum atomic E-state index is -0.722. The lowest BCUT2D eigenvalue weighted by atomic mass is 9.69. The van der Waals surface area contributed by atoms with E-state index in [9.17, 15) is 0 Å². The van der Waals surface area contributed by atoms with Crippen LogP contribution in [-0.4, -0.2) is 14.5 Å². The highest BCUT2D eigenvalue weighted by atomic mass is 15.2. The minimum Gasteiger partial charge on any atom is -0.278 e. The Morgan fingerprint density at radius 1 is 0.333 bits per heavy atom. The predicted octanol–water partition coefficient (Wildman–Crippen LogP) is 15.7. The van der Waals surface area contributed by atoms with Crippen molar-refractivity contribution in [1.29, 1.82) is 0 Å². The van der Waals surface area contributed by atoms with Crippen molar-refractivity contribution in [3.8, 4) is 73.0 Å². The average molecular weight is 838 g/mol. The topological polar surface area (TPSA) is 30.7 Å². The number of rotatable bonds is 5. The summed E-state index contributed by atoms with van der Waals surface area (Å²) in [6.45, 7) is 0. The van der Waals surface area contributed by atoms with E-state index >= 15 is 0 Å². The van der Waals surface area contributed by atoms with Crippen LogP contribution in [0.1, 0.15) is 22.3 Å². The largest absolute Gasteiger partial charge is 0.278 e. The minimum absolute atomic E-state index is 0.638.